The molecule has 8 nitrogen and oxygen atoms in total. The minimum Gasteiger partial charge on any atom is -0.464 e. The number of rotatable bonds is 36. The number of aliphatic hydroxyl groups is 1. The summed E-state index contributed by atoms with van der Waals surface area (Å²) in [7, 11) is 3.78. The van der Waals surface area contributed by atoms with Crippen molar-refractivity contribution < 1.29 is 33.4 Å². The van der Waals surface area contributed by atoms with Crippen molar-refractivity contribution in [1.29, 1.82) is 0 Å². The van der Waals surface area contributed by atoms with Gasteiger partial charge in [0, 0.05) is 38.5 Å². The van der Waals surface area contributed by atoms with Gasteiger partial charge < -0.3 is 24.0 Å². The topological polar surface area (TPSA) is 93.1 Å². The van der Waals surface area contributed by atoms with Crippen LogP contribution in [-0.2, 0) is 23.9 Å². The molecule has 0 saturated carbocycles. The van der Waals surface area contributed by atoms with Gasteiger partial charge in [0.2, 0.25) is 0 Å². The smallest absolute Gasteiger partial charge is 0.305 e. The van der Waals surface area contributed by atoms with Crippen LogP contribution in [0.2, 0.25) is 0 Å². The number of likely N-dealkylation sites (N-methyl/N-ethyl adjacent to an activating group) is 1. The first-order valence-electron chi connectivity index (χ1n) is 22.2. The zero-order valence-corrected chi connectivity index (χ0v) is 35.6. The average Bonchev–Trinajstić information content (AvgIpc) is 3.13. The van der Waals surface area contributed by atoms with Crippen molar-refractivity contribution in [1.82, 2.24) is 4.90 Å². The van der Waals surface area contributed by atoms with Gasteiger partial charge in [-0.3, -0.25) is 14.4 Å². The van der Waals surface area contributed by atoms with Gasteiger partial charge >= 0.3 is 11.9 Å². The van der Waals surface area contributed by atoms with Crippen LogP contribution in [0.15, 0.2) is 0 Å². The second-order valence-corrected chi connectivity index (χ2v) is 15.6. The molecule has 0 aliphatic rings. The van der Waals surface area contributed by atoms with Gasteiger partial charge in [-0.15, -0.1) is 23.7 Å². The number of unbranched alkanes of at least 4 members (excludes halogenated alkanes) is 22. The number of carbonyl (C=O) groups is 3. The summed E-state index contributed by atoms with van der Waals surface area (Å²) >= 11 is 0. The van der Waals surface area contributed by atoms with Crippen molar-refractivity contribution in [3.63, 3.8) is 0 Å². The fourth-order valence-electron chi connectivity index (χ4n) is 6.23. The molecule has 0 spiro atoms. The molecule has 0 heterocycles. The van der Waals surface area contributed by atoms with Crippen LogP contribution in [0.1, 0.15) is 194 Å². The second-order valence-electron chi connectivity index (χ2n) is 15.6. The van der Waals surface area contributed by atoms with E-state index in [1.165, 1.54) is 77.0 Å². The number of amides is 1. The van der Waals surface area contributed by atoms with Crippen LogP contribution < -0.4 is 0 Å². The Hall–Kier alpha value is -2.55. The summed E-state index contributed by atoms with van der Waals surface area (Å²) in [6, 6.07) is 0. The highest BCUT2D eigenvalue weighted by molar-refractivity contribution is 5.77. The van der Waals surface area contributed by atoms with E-state index in [0.717, 1.165) is 89.9 Å². The van der Waals surface area contributed by atoms with Gasteiger partial charge in [-0.2, -0.15) is 0 Å². The molecular formula is C46H83N2O6+. The lowest BCUT2D eigenvalue weighted by molar-refractivity contribution is -0.883. The van der Waals surface area contributed by atoms with Gasteiger partial charge in [-0.05, 0) is 38.5 Å². The van der Waals surface area contributed by atoms with Crippen LogP contribution in [0.3, 0.4) is 0 Å². The van der Waals surface area contributed by atoms with Crippen molar-refractivity contribution >= 4 is 17.8 Å². The summed E-state index contributed by atoms with van der Waals surface area (Å²) in [5.41, 5.74) is 0. The summed E-state index contributed by atoms with van der Waals surface area (Å²) in [6.45, 7) is 5.80. The highest BCUT2D eigenvalue weighted by Crippen LogP contribution is 2.11. The van der Waals surface area contributed by atoms with Crippen LogP contribution >= 0.6 is 0 Å². The van der Waals surface area contributed by atoms with E-state index in [1.807, 2.05) is 14.1 Å². The normalized spacial score (nSPS) is 11.0. The third-order valence-corrected chi connectivity index (χ3v) is 9.80. The molecule has 0 atom stereocenters. The van der Waals surface area contributed by atoms with Gasteiger partial charge in [0.1, 0.15) is 19.8 Å². The molecule has 0 aromatic rings. The molecule has 1 N–H and O–H groups in total. The van der Waals surface area contributed by atoms with Crippen LogP contribution in [0.4, 0.5) is 0 Å². The maximum atomic E-state index is 13.2. The van der Waals surface area contributed by atoms with Crippen molar-refractivity contribution in [3.05, 3.63) is 0 Å². The van der Waals surface area contributed by atoms with E-state index in [9.17, 15) is 19.5 Å². The van der Waals surface area contributed by atoms with E-state index in [-0.39, 0.29) is 57.3 Å². The van der Waals surface area contributed by atoms with Crippen LogP contribution in [0, 0.1) is 23.7 Å². The number of hydrogen-bond acceptors (Lipinski definition) is 6. The molecule has 0 aliphatic carbocycles. The lowest BCUT2D eigenvalue weighted by Gasteiger charge is -2.31. The summed E-state index contributed by atoms with van der Waals surface area (Å²) in [5, 5.41) is 9.40. The number of esters is 2. The van der Waals surface area contributed by atoms with Gasteiger partial charge in [0.15, 0.2) is 6.54 Å². The summed E-state index contributed by atoms with van der Waals surface area (Å²) < 4.78 is 11.3. The zero-order chi connectivity index (χ0) is 39.8. The van der Waals surface area contributed by atoms with E-state index >= 15 is 0 Å². The number of carbonyl (C=O) groups excluding carboxylic acids is 3. The third-order valence-electron chi connectivity index (χ3n) is 9.80. The van der Waals surface area contributed by atoms with Gasteiger partial charge in [-0.1, -0.05) is 117 Å². The Morgan fingerprint density at radius 3 is 1.20 bits per heavy atom. The van der Waals surface area contributed by atoms with Gasteiger partial charge in [-0.25, -0.2) is 0 Å². The monoisotopic (exact) mass is 760 g/mol. The van der Waals surface area contributed by atoms with Crippen molar-refractivity contribution in [2.45, 2.75) is 194 Å². The quantitative estimate of drug-likeness (QED) is 0.0296. The average molecular weight is 760 g/mol. The van der Waals surface area contributed by atoms with E-state index in [0.29, 0.717) is 23.9 Å². The van der Waals surface area contributed by atoms with Crippen LogP contribution in [-0.4, -0.2) is 92.4 Å². The Kier molecular flexibility index (Phi) is 36.9. The summed E-state index contributed by atoms with van der Waals surface area (Å²) in [5.74, 6) is 12.6. The number of quaternary nitrogens is 1. The van der Waals surface area contributed by atoms with Crippen molar-refractivity contribution in [3.8, 4) is 23.7 Å². The lowest BCUT2D eigenvalue weighted by Crippen LogP contribution is -2.51. The Morgan fingerprint density at radius 1 is 0.519 bits per heavy atom. The first-order chi connectivity index (χ1) is 26.3. The molecule has 312 valence electrons. The minimum absolute atomic E-state index is 0.0175. The second kappa shape index (κ2) is 38.7. The van der Waals surface area contributed by atoms with E-state index in [2.05, 4.69) is 37.5 Å². The van der Waals surface area contributed by atoms with Gasteiger partial charge in [0.25, 0.3) is 5.91 Å². The number of aliphatic hydroxyl groups excluding tert-OH is 1. The standard InChI is InChI=1S/C46H83N2O6/c1-5-7-9-11-13-15-17-19-21-23-25-27-29-31-33-35-45(51)53-41-37-47(44(50)43-48(3,4)39-40-49)38-42-54-46(52)36-34-32-30-28-26-24-22-20-18-16-14-12-10-8-6-2/h49H,5-18,23-43H2,1-4H3/q+1. The molecule has 0 fully saturated rings. The van der Waals surface area contributed by atoms with Crippen LogP contribution in [0.25, 0.3) is 0 Å². The molecule has 54 heavy (non-hydrogen) atoms. The molecule has 0 aliphatic heterocycles. The molecule has 0 aromatic heterocycles. The summed E-state index contributed by atoms with van der Waals surface area (Å²) in [6.07, 6.45) is 30.6. The maximum absolute atomic E-state index is 13.2. The van der Waals surface area contributed by atoms with Gasteiger partial charge in [0.05, 0.1) is 33.8 Å². The highest BCUT2D eigenvalue weighted by Gasteiger charge is 2.24. The number of ether oxygens (including phenoxy) is 2. The molecule has 8 heteroatoms. The molecule has 0 unspecified atom stereocenters. The molecular weight excluding hydrogens is 677 g/mol. The predicted molar refractivity (Wildman–Crippen MR) is 224 cm³/mol. The van der Waals surface area contributed by atoms with E-state index < -0.39 is 0 Å². The molecule has 0 rings (SSSR count). The first kappa shape index (κ1) is 51.5. The summed E-state index contributed by atoms with van der Waals surface area (Å²) in [4.78, 5) is 39.5. The highest BCUT2D eigenvalue weighted by atomic mass is 16.5. The molecule has 0 bridgehead atoms. The zero-order valence-electron chi connectivity index (χ0n) is 35.6. The third kappa shape index (κ3) is 36.4. The van der Waals surface area contributed by atoms with E-state index in [1.54, 1.807) is 4.90 Å². The Morgan fingerprint density at radius 2 is 0.852 bits per heavy atom. The van der Waals surface area contributed by atoms with Crippen LogP contribution in [0.5, 0.6) is 0 Å². The largest absolute Gasteiger partial charge is 0.464 e. The van der Waals surface area contributed by atoms with E-state index in [4.69, 9.17) is 9.47 Å². The SMILES string of the molecule is CCCCCCCCC#CCCCCCCCC(=O)OCCN(CCOC(=O)CCCCCCCC#CCCCCCCCC)C(=O)C[N+](C)(C)CCO. The molecule has 0 aromatic carbocycles. The fourth-order valence-corrected chi connectivity index (χ4v) is 6.23. The van der Waals surface area contributed by atoms with Crippen molar-refractivity contribution in [2.75, 3.05) is 60.1 Å². The molecule has 1 amide bonds. The number of hydrogen-bond donors (Lipinski definition) is 1. The minimum atomic E-state index is -0.248. The first-order valence-corrected chi connectivity index (χ1v) is 22.2. The Balaban J connectivity index is 4.20. The predicted octanol–water partition coefficient (Wildman–Crippen LogP) is 9.94. The Labute approximate surface area is 332 Å². The number of nitrogens with zero attached hydrogens (tertiary/aromatic N) is 2. The molecule has 0 saturated heterocycles. The van der Waals surface area contributed by atoms with Crippen molar-refractivity contribution in [2.24, 2.45) is 0 Å². The lowest BCUT2D eigenvalue weighted by atomic mass is 10.1. The maximum Gasteiger partial charge on any atom is 0.305 e. The molecule has 0 radical (unpaired) electrons. The fraction of sp³-hybridized carbons (Fsp3) is 0.848. The Bertz CT molecular complexity index is 971.